The first-order chi connectivity index (χ1) is 25.7. The number of benzene rings is 6. The second-order valence-corrected chi connectivity index (χ2v) is 14.3. The molecule has 12 rings (SSSR count). The monoisotopic (exact) mass is 669 g/mol. The number of aromatic nitrogens is 1. The van der Waals surface area contributed by atoms with Gasteiger partial charge in [-0.05, 0) is 96.3 Å². The van der Waals surface area contributed by atoms with Gasteiger partial charge < -0.3 is 18.1 Å². The Morgan fingerprint density at radius 3 is 2.23 bits per heavy atom. The zero-order valence-corrected chi connectivity index (χ0v) is 28.2. The smallest absolute Gasteiger partial charge is 0.135 e. The van der Waals surface area contributed by atoms with Gasteiger partial charge in [-0.25, -0.2) is 0 Å². The number of allylic oxidation sites excluding steroid dienone is 4. The van der Waals surface area contributed by atoms with Crippen molar-refractivity contribution in [2.75, 3.05) is 0 Å². The molecule has 0 N–H and O–H groups in total. The van der Waals surface area contributed by atoms with Gasteiger partial charge in [-0.3, -0.25) is 0 Å². The quantitative estimate of drug-likeness (QED) is 0.188. The number of ether oxygens (including phenoxy) is 1. The van der Waals surface area contributed by atoms with Crippen LogP contribution in [0.1, 0.15) is 41.4 Å². The molecule has 0 radical (unpaired) electrons. The molecule has 4 nitrogen and oxygen atoms in total. The summed E-state index contributed by atoms with van der Waals surface area (Å²) >= 11 is 0. The molecule has 2 aliphatic carbocycles. The Morgan fingerprint density at radius 2 is 1.37 bits per heavy atom. The van der Waals surface area contributed by atoms with Crippen molar-refractivity contribution in [3.63, 3.8) is 0 Å². The Morgan fingerprint density at radius 1 is 0.615 bits per heavy atom. The van der Waals surface area contributed by atoms with Crippen LogP contribution in [0.15, 0.2) is 154 Å². The van der Waals surface area contributed by atoms with Crippen molar-refractivity contribution in [1.29, 1.82) is 0 Å². The van der Waals surface area contributed by atoms with Gasteiger partial charge >= 0.3 is 0 Å². The van der Waals surface area contributed by atoms with E-state index < -0.39 is 0 Å². The van der Waals surface area contributed by atoms with Crippen molar-refractivity contribution >= 4 is 72.1 Å². The van der Waals surface area contributed by atoms with Crippen molar-refractivity contribution < 1.29 is 13.6 Å². The number of furan rings is 2. The summed E-state index contributed by atoms with van der Waals surface area (Å²) in [4.78, 5) is 0. The van der Waals surface area contributed by atoms with Crippen LogP contribution in [0.2, 0.25) is 0 Å². The summed E-state index contributed by atoms with van der Waals surface area (Å²) in [5, 5.41) is 7.06. The topological polar surface area (TPSA) is 40.4 Å². The average molecular weight is 670 g/mol. The summed E-state index contributed by atoms with van der Waals surface area (Å²) in [6.45, 7) is 0. The standard InChI is InChI=1S/C48H31NO3/c1-4-13-40-33(10-1)34-11-2-5-14-41(34)49(40)32-18-22-44-38(27-32)36-19-23-46-47(48(36)52-44)39-26-31(17-21-45(39)51-46)29-9-7-8-28(24-29)30-16-20-43-37(25-30)35-12-3-6-15-42(35)50-43/h1-18,20-23,25-28,36H,19,24H2. The van der Waals surface area contributed by atoms with Gasteiger partial charge in [-0.15, -0.1) is 0 Å². The maximum absolute atomic E-state index is 6.76. The van der Waals surface area contributed by atoms with Crippen LogP contribution in [0.5, 0.6) is 5.75 Å². The van der Waals surface area contributed by atoms with E-state index in [9.17, 15) is 0 Å². The molecule has 2 atom stereocenters. The molecule has 3 aromatic heterocycles. The molecule has 6 aromatic carbocycles. The zero-order valence-electron chi connectivity index (χ0n) is 28.2. The lowest BCUT2D eigenvalue weighted by molar-refractivity contribution is 0.501. The molecule has 9 aromatic rings. The average Bonchev–Trinajstić information content (AvgIpc) is 3.96. The van der Waals surface area contributed by atoms with E-state index in [4.69, 9.17) is 13.6 Å². The fraction of sp³-hybridized carbons (Fsp3) is 0.0833. The molecular weight excluding hydrogens is 639 g/mol. The van der Waals surface area contributed by atoms with Gasteiger partial charge in [0.25, 0.3) is 0 Å². The van der Waals surface area contributed by atoms with Gasteiger partial charge in [0.2, 0.25) is 0 Å². The first-order valence-corrected chi connectivity index (χ1v) is 18.1. The number of hydrogen-bond acceptors (Lipinski definition) is 3. The lowest BCUT2D eigenvalue weighted by Crippen LogP contribution is -2.29. The van der Waals surface area contributed by atoms with Gasteiger partial charge in [-0.2, -0.15) is 0 Å². The van der Waals surface area contributed by atoms with E-state index in [0.717, 1.165) is 68.2 Å². The maximum atomic E-state index is 6.76. The Bertz CT molecular complexity index is 3130. The van der Waals surface area contributed by atoms with E-state index in [1.165, 1.54) is 49.5 Å². The summed E-state index contributed by atoms with van der Waals surface area (Å²) in [7, 11) is 0. The second-order valence-electron chi connectivity index (χ2n) is 14.3. The Hall–Kier alpha value is -6.52. The van der Waals surface area contributed by atoms with Gasteiger partial charge in [-0.1, -0.05) is 85.0 Å². The zero-order chi connectivity index (χ0) is 33.9. The Labute approximate surface area is 298 Å². The van der Waals surface area contributed by atoms with Crippen LogP contribution in [-0.4, -0.2) is 4.57 Å². The maximum Gasteiger partial charge on any atom is 0.135 e. The Kier molecular flexibility index (Phi) is 5.70. The predicted octanol–water partition coefficient (Wildman–Crippen LogP) is 11.0. The fourth-order valence-corrected chi connectivity index (χ4v) is 9.07. The van der Waals surface area contributed by atoms with Crippen molar-refractivity contribution in [2.45, 2.75) is 24.7 Å². The minimum absolute atomic E-state index is 0.134. The van der Waals surface area contributed by atoms with Crippen LogP contribution < -0.4 is 15.4 Å². The fourth-order valence-electron chi connectivity index (χ4n) is 9.07. The third-order valence-electron chi connectivity index (χ3n) is 11.5. The highest BCUT2D eigenvalue weighted by Crippen LogP contribution is 2.46. The summed E-state index contributed by atoms with van der Waals surface area (Å²) in [5.74, 6) is 2.34. The lowest BCUT2D eigenvalue weighted by Gasteiger charge is -2.19. The number of fused-ring (bicyclic) bond motifs is 12. The molecule has 0 fully saturated rings. The largest absolute Gasteiger partial charge is 0.460 e. The molecule has 0 amide bonds. The van der Waals surface area contributed by atoms with Crippen LogP contribution in [0.3, 0.4) is 0 Å². The minimum atomic E-state index is 0.134. The number of rotatable bonds is 3. The lowest BCUT2D eigenvalue weighted by atomic mass is 9.84. The molecule has 52 heavy (non-hydrogen) atoms. The molecule has 4 heterocycles. The summed E-state index contributed by atoms with van der Waals surface area (Å²) in [5.41, 5.74) is 12.3. The van der Waals surface area contributed by atoms with Crippen LogP contribution in [0, 0.1) is 0 Å². The highest BCUT2D eigenvalue weighted by molar-refractivity contribution is 6.09. The SMILES string of the molecule is C1=CC(c2ccc3oc4ccccc4c3c2)CC(c2ccc3oc4c(c3c2)=C2Oc3ccc(-n5c6ccccc6c6ccccc65)cc3C2CC=4)=C1. The molecular formula is C48H31NO3. The van der Waals surface area contributed by atoms with Gasteiger partial charge in [0, 0.05) is 44.1 Å². The number of para-hydroxylation sites is 3. The molecule has 0 bridgehead atoms. The third-order valence-corrected chi connectivity index (χ3v) is 11.5. The van der Waals surface area contributed by atoms with E-state index in [0.29, 0.717) is 0 Å². The third kappa shape index (κ3) is 3.98. The van der Waals surface area contributed by atoms with Crippen molar-refractivity contribution in [2.24, 2.45) is 0 Å². The van der Waals surface area contributed by atoms with Gasteiger partial charge in [0.15, 0.2) is 0 Å². The van der Waals surface area contributed by atoms with Crippen molar-refractivity contribution in [3.8, 4) is 11.4 Å². The molecule has 2 unspecified atom stereocenters. The van der Waals surface area contributed by atoms with Crippen molar-refractivity contribution in [3.05, 3.63) is 173 Å². The first kappa shape index (κ1) is 28.2. The summed E-state index contributed by atoms with van der Waals surface area (Å²) in [6, 6.07) is 45.6. The van der Waals surface area contributed by atoms with E-state index in [1.54, 1.807) is 0 Å². The molecule has 0 spiro atoms. The van der Waals surface area contributed by atoms with E-state index >= 15 is 0 Å². The molecule has 0 saturated heterocycles. The number of hydrogen-bond donors (Lipinski definition) is 0. The highest BCUT2D eigenvalue weighted by atomic mass is 16.5. The molecule has 0 saturated carbocycles. The second kappa shape index (κ2) is 10.5. The highest BCUT2D eigenvalue weighted by Gasteiger charge is 2.34. The van der Waals surface area contributed by atoms with Crippen LogP contribution >= 0.6 is 0 Å². The van der Waals surface area contributed by atoms with Crippen LogP contribution in [0.25, 0.3) is 77.8 Å². The van der Waals surface area contributed by atoms with Gasteiger partial charge in [0.05, 0.1) is 22.2 Å². The van der Waals surface area contributed by atoms with E-state index in [2.05, 4.69) is 144 Å². The van der Waals surface area contributed by atoms with Crippen LogP contribution in [0.4, 0.5) is 0 Å². The Balaban J connectivity index is 0.927. The molecule has 4 heteroatoms. The molecule has 246 valence electrons. The minimum Gasteiger partial charge on any atom is -0.460 e. The van der Waals surface area contributed by atoms with Crippen molar-refractivity contribution in [1.82, 2.24) is 4.57 Å². The predicted molar refractivity (Wildman–Crippen MR) is 210 cm³/mol. The normalized spacial score (nSPS) is 17.8. The molecule has 1 aliphatic heterocycles. The summed E-state index contributed by atoms with van der Waals surface area (Å²) in [6.07, 6.45) is 10.8. The van der Waals surface area contributed by atoms with Crippen LogP contribution in [-0.2, 0) is 0 Å². The summed E-state index contributed by atoms with van der Waals surface area (Å²) < 4.78 is 21.7. The number of nitrogens with zero attached hydrogens (tertiary/aromatic N) is 1. The van der Waals surface area contributed by atoms with E-state index in [1.807, 2.05) is 12.1 Å². The molecule has 3 aliphatic rings. The van der Waals surface area contributed by atoms with E-state index in [-0.39, 0.29) is 11.8 Å². The first-order valence-electron chi connectivity index (χ1n) is 18.1. The van der Waals surface area contributed by atoms with Gasteiger partial charge in [0.1, 0.15) is 33.7 Å².